The minimum absolute atomic E-state index is 0.190. The highest BCUT2D eigenvalue weighted by Crippen LogP contribution is 2.32. The summed E-state index contributed by atoms with van der Waals surface area (Å²) in [6.07, 6.45) is 2.22. The van der Waals surface area contributed by atoms with Crippen molar-refractivity contribution in [1.29, 1.82) is 0 Å². The summed E-state index contributed by atoms with van der Waals surface area (Å²) in [5, 5.41) is 1.26. The summed E-state index contributed by atoms with van der Waals surface area (Å²) in [5.74, 6) is 0.636. The molecular weight excluding hydrogens is 409 g/mol. The molecule has 0 atom stereocenters. The zero-order valence-electron chi connectivity index (χ0n) is 14.0. The van der Waals surface area contributed by atoms with Gasteiger partial charge in [-0.1, -0.05) is 58.4 Å². The molecule has 1 aromatic heterocycles. The van der Waals surface area contributed by atoms with Gasteiger partial charge in [-0.3, -0.25) is 0 Å². The van der Waals surface area contributed by atoms with Crippen LogP contribution in [0.3, 0.4) is 0 Å². The van der Waals surface area contributed by atoms with Gasteiger partial charge >= 0.3 is 0 Å². The lowest BCUT2D eigenvalue weighted by Crippen LogP contribution is -1.97. The molecular formula is C22H17BrFNS. The molecule has 4 aromatic rings. The third-order valence-corrected chi connectivity index (χ3v) is 5.97. The molecule has 0 bridgehead atoms. The fourth-order valence-corrected chi connectivity index (χ4v) is 4.30. The predicted molar refractivity (Wildman–Crippen MR) is 111 cm³/mol. The molecule has 0 N–H and O–H groups in total. The third-order valence-electron chi connectivity index (χ3n) is 4.33. The van der Waals surface area contributed by atoms with E-state index in [2.05, 4.69) is 75.2 Å². The number of halogens is 2. The minimum atomic E-state index is -0.190. The van der Waals surface area contributed by atoms with Crippen LogP contribution in [0.4, 0.5) is 4.39 Å². The molecule has 1 heterocycles. The van der Waals surface area contributed by atoms with Gasteiger partial charge in [-0.15, -0.1) is 11.8 Å². The second-order valence-electron chi connectivity index (χ2n) is 6.18. The maximum Gasteiger partial charge on any atom is 0.123 e. The molecule has 0 aliphatic rings. The molecule has 0 aliphatic carbocycles. The first-order valence-electron chi connectivity index (χ1n) is 8.38. The maximum atomic E-state index is 13.1. The Morgan fingerprint density at radius 3 is 2.31 bits per heavy atom. The van der Waals surface area contributed by atoms with Crippen molar-refractivity contribution < 1.29 is 4.39 Å². The Balaban J connectivity index is 1.60. The first-order chi connectivity index (χ1) is 12.7. The van der Waals surface area contributed by atoms with E-state index in [1.54, 1.807) is 11.8 Å². The molecule has 0 saturated heterocycles. The molecule has 0 saturated carbocycles. The molecule has 1 nitrogen and oxygen atoms in total. The summed E-state index contributed by atoms with van der Waals surface area (Å²) in [5.41, 5.74) is 3.63. The van der Waals surface area contributed by atoms with E-state index >= 15 is 0 Å². The van der Waals surface area contributed by atoms with Gasteiger partial charge in [0, 0.05) is 38.8 Å². The van der Waals surface area contributed by atoms with Crippen LogP contribution in [-0.4, -0.2) is 4.57 Å². The Bertz CT molecular complexity index is 1020. The van der Waals surface area contributed by atoms with Gasteiger partial charge < -0.3 is 4.57 Å². The fraction of sp³-hybridized carbons (Fsp3) is 0.0909. The van der Waals surface area contributed by atoms with E-state index in [0.29, 0.717) is 0 Å². The lowest BCUT2D eigenvalue weighted by Gasteiger charge is -2.05. The van der Waals surface area contributed by atoms with E-state index < -0.39 is 0 Å². The van der Waals surface area contributed by atoms with Crippen molar-refractivity contribution in [3.8, 4) is 0 Å². The summed E-state index contributed by atoms with van der Waals surface area (Å²) >= 11 is 5.28. The van der Waals surface area contributed by atoms with Gasteiger partial charge in [0.2, 0.25) is 0 Å². The van der Waals surface area contributed by atoms with Crippen LogP contribution in [0.5, 0.6) is 0 Å². The van der Waals surface area contributed by atoms with E-state index in [1.165, 1.54) is 33.5 Å². The highest BCUT2D eigenvalue weighted by Gasteiger charge is 2.09. The van der Waals surface area contributed by atoms with Crippen molar-refractivity contribution in [2.45, 2.75) is 17.2 Å². The highest BCUT2D eigenvalue weighted by atomic mass is 79.9. The fourth-order valence-electron chi connectivity index (χ4n) is 2.99. The number of nitrogens with zero attached hydrogens (tertiary/aromatic N) is 1. The van der Waals surface area contributed by atoms with E-state index in [0.717, 1.165) is 22.3 Å². The average molecular weight is 426 g/mol. The summed E-state index contributed by atoms with van der Waals surface area (Å²) in [6, 6.07) is 23.7. The van der Waals surface area contributed by atoms with Gasteiger partial charge in [0.05, 0.1) is 0 Å². The Labute approximate surface area is 165 Å². The van der Waals surface area contributed by atoms with Gasteiger partial charge in [0.1, 0.15) is 5.82 Å². The molecule has 0 unspecified atom stereocenters. The SMILES string of the molecule is Fc1ccc(CSc2cn(Cc3ccc(Br)cc3)c3ccccc23)cc1. The average Bonchev–Trinajstić information content (AvgIpc) is 3.01. The molecule has 130 valence electrons. The van der Waals surface area contributed by atoms with Crippen LogP contribution in [-0.2, 0) is 12.3 Å². The lowest BCUT2D eigenvalue weighted by atomic mass is 10.2. The number of hydrogen-bond acceptors (Lipinski definition) is 1. The van der Waals surface area contributed by atoms with Crippen molar-refractivity contribution >= 4 is 38.6 Å². The smallest absolute Gasteiger partial charge is 0.123 e. The van der Waals surface area contributed by atoms with Crippen molar-refractivity contribution in [2.24, 2.45) is 0 Å². The normalized spacial score (nSPS) is 11.2. The number of para-hydroxylation sites is 1. The van der Waals surface area contributed by atoms with Crippen LogP contribution in [0, 0.1) is 5.82 Å². The maximum absolute atomic E-state index is 13.1. The monoisotopic (exact) mass is 425 g/mol. The Morgan fingerprint density at radius 2 is 1.54 bits per heavy atom. The number of fused-ring (bicyclic) bond motifs is 1. The molecule has 26 heavy (non-hydrogen) atoms. The second kappa shape index (κ2) is 7.68. The van der Waals surface area contributed by atoms with Gasteiger partial charge in [0.15, 0.2) is 0 Å². The predicted octanol–water partition coefficient (Wildman–Crippen LogP) is 6.88. The van der Waals surface area contributed by atoms with Crippen molar-refractivity contribution in [2.75, 3.05) is 0 Å². The van der Waals surface area contributed by atoms with E-state index in [1.807, 2.05) is 12.1 Å². The van der Waals surface area contributed by atoms with Crippen LogP contribution in [0.2, 0.25) is 0 Å². The topological polar surface area (TPSA) is 4.93 Å². The molecule has 0 radical (unpaired) electrons. The first-order valence-corrected chi connectivity index (χ1v) is 10.2. The van der Waals surface area contributed by atoms with Crippen LogP contribution < -0.4 is 0 Å². The second-order valence-corrected chi connectivity index (χ2v) is 8.11. The standard InChI is InChI=1S/C22H17BrFNS/c23-18-9-5-16(6-10-18)13-25-14-22(20-3-1-2-4-21(20)25)26-15-17-7-11-19(24)12-8-17/h1-12,14H,13,15H2. The first kappa shape index (κ1) is 17.4. The molecule has 0 fully saturated rings. The highest BCUT2D eigenvalue weighted by molar-refractivity contribution is 9.10. The zero-order valence-corrected chi connectivity index (χ0v) is 16.4. The van der Waals surface area contributed by atoms with Gasteiger partial charge in [-0.25, -0.2) is 4.39 Å². The number of thioether (sulfide) groups is 1. The van der Waals surface area contributed by atoms with Crippen LogP contribution in [0.25, 0.3) is 10.9 Å². The molecule has 0 amide bonds. The largest absolute Gasteiger partial charge is 0.342 e. The van der Waals surface area contributed by atoms with E-state index in [-0.39, 0.29) is 5.82 Å². The minimum Gasteiger partial charge on any atom is -0.342 e. The van der Waals surface area contributed by atoms with Crippen LogP contribution >= 0.6 is 27.7 Å². The van der Waals surface area contributed by atoms with E-state index in [9.17, 15) is 4.39 Å². The van der Waals surface area contributed by atoms with Crippen LogP contribution in [0.1, 0.15) is 11.1 Å². The van der Waals surface area contributed by atoms with Crippen LogP contribution in [0.15, 0.2) is 88.4 Å². The summed E-state index contributed by atoms with van der Waals surface area (Å²) < 4.78 is 16.5. The molecule has 4 rings (SSSR count). The molecule has 4 heteroatoms. The summed E-state index contributed by atoms with van der Waals surface area (Å²) in [6.45, 7) is 0.838. The number of rotatable bonds is 5. The zero-order chi connectivity index (χ0) is 17.9. The number of benzene rings is 3. The summed E-state index contributed by atoms with van der Waals surface area (Å²) in [7, 11) is 0. The lowest BCUT2D eigenvalue weighted by molar-refractivity contribution is 0.627. The molecule has 0 aliphatic heterocycles. The Morgan fingerprint density at radius 1 is 0.846 bits per heavy atom. The van der Waals surface area contributed by atoms with Crippen molar-refractivity contribution in [3.63, 3.8) is 0 Å². The number of hydrogen-bond donors (Lipinski definition) is 0. The molecule has 3 aromatic carbocycles. The van der Waals surface area contributed by atoms with Crippen molar-refractivity contribution in [1.82, 2.24) is 4.57 Å². The van der Waals surface area contributed by atoms with Crippen molar-refractivity contribution in [3.05, 3.63) is 100 Å². The van der Waals surface area contributed by atoms with E-state index in [4.69, 9.17) is 0 Å². The van der Waals surface area contributed by atoms with Gasteiger partial charge in [-0.05, 0) is 41.5 Å². The quantitative estimate of drug-likeness (QED) is 0.315. The Kier molecular flexibility index (Phi) is 5.14. The number of aromatic nitrogens is 1. The van der Waals surface area contributed by atoms with Gasteiger partial charge in [0.25, 0.3) is 0 Å². The summed E-state index contributed by atoms with van der Waals surface area (Å²) in [4.78, 5) is 1.25. The molecule has 0 spiro atoms. The third kappa shape index (κ3) is 3.87. The van der Waals surface area contributed by atoms with Gasteiger partial charge in [-0.2, -0.15) is 0 Å². The Hall–Kier alpha value is -2.04.